The summed E-state index contributed by atoms with van der Waals surface area (Å²) in [6.07, 6.45) is -5.00. The fraction of sp³-hybridized carbons (Fsp3) is 0.500. The Balaban J connectivity index is 2.40. The van der Waals surface area contributed by atoms with Gasteiger partial charge in [-0.05, 0) is 12.1 Å². The molecule has 7 heteroatoms. The zero-order valence-electron chi connectivity index (χ0n) is 10.6. The van der Waals surface area contributed by atoms with E-state index in [1.807, 2.05) is 12.1 Å². The SMILES string of the molecule is COC(OC)c1ccc(SCCOC(F)(F)F)cc1. The molecule has 0 unspecified atom stereocenters. The number of benzene rings is 1. The van der Waals surface area contributed by atoms with Crippen molar-refractivity contribution in [2.75, 3.05) is 26.6 Å². The van der Waals surface area contributed by atoms with Crippen LogP contribution < -0.4 is 0 Å². The number of thioether (sulfide) groups is 1. The van der Waals surface area contributed by atoms with Crippen molar-refractivity contribution in [3.63, 3.8) is 0 Å². The number of hydrogen-bond donors (Lipinski definition) is 0. The molecule has 1 aromatic carbocycles. The molecule has 0 aliphatic heterocycles. The summed E-state index contributed by atoms with van der Waals surface area (Å²) < 4.78 is 49.1. The number of alkyl halides is 3. The molecule has 0 saturated carbocycles. The molecule has 0 spiro atoms. The number of hydrogen-bond acceptors (Lipinski definition) is 4. The Morgan fingerprint density at radius 2 is 1.68 bits per heavy atom. The second-order valence-corrected chi connectivity index (χ2v) is 4.68. The van der Waals surface area contributed by atoms with Crippen molar-refractivity contribution in [1.29, 1.82) is 0 Å². The minimum atomic E-state index is -4.56. The smallest absolute Gasteiger partial charge is 0.352 e. The van der Waals surface area contributed by atoms with Crippen molar-refractivity contribution in [3.05, 3.63) is 29.8 Å². The van der Waals surface area contributed by atoms with Crippen molar-refractivity contribution in [3.8, 4) is 0 Å². The maximum Gasteiger partial charge on any atom is 0.522 e. The molecule has 0 amide bonds. The van der Waals surface area contributed by atoms with Crippen molar-refractivity contribution >= 4 is 11.8 Å². The monoisotopic (exact) mass is 296 g/mol. The molecular weight excluding hydrogens is 281 g/mol. The summed E-state index contributed by atoms with van der Waals surface area (Å²) >= 11 is 1.29. The van der Waals surface area contributed by atoms with Crippen LogP contribution >= 0.6 is 11.8 Å². The number of methoxy groups -OCH3 is 2. The lowest BCUT2D eigenvalue weighted by Gasteiger charge is -2.13. The van der Waals surface area contributed by atoms with E-state index >= 15 is 0 Å². The fourth-order valence-electron chi connectivity index (χ4n) is 1.41. The molecule has 0 saturated heterocycles. The van der Waals surface area contributed by atoms with Crippen LogP contribution in [0.15, 0.2) is 29.2 Å². The quantitative estimate of drug-likeness (QED) is 0.436. The predicted molar refractivity (Wildman–Crippen MR) is 65.9 cm³/mol. The highest BCUT2D eigenvalue weighted by Crippen LogP contribution is 2.23. The maximum absolute atomic E-state index is 11.7. The van der Waals surface area contributed by atoms with Gasteiger partial charge in [0, 0.05) is 30.4 Å². The minimum absolute atomic E-state index is 0.233. The normalized spacial score (nSPS) is 12.1. The first-order valence-electron chi connectivity index (χ1n) is 5.45. The molecule has 0 N–H and O–H groups in total. The molecule has 0 aromatic heterocycles. The second-order valence-electron chi connectivity index (χ2n) is 3.52. The van der Waals surface area contributed by atoms with Gasteiger partial charge in [0.05, 0.1) is 6.61 Å². The van der Waals surface area contributed by atoms with E-state index in [4.69, 9.17) is 9.47 Å². The Morgan fingerprint density at radius 1 is 1.11 bits per heavy atom. The van der Waals surface area contributed by atoms with Gasteiger partial charge < -0.3 is 9.47 Å². The van der Waals surface area contributed by atoms with Crippen LogP contribution in [0.3, 0.4) is 0 Å². The van der Waals surface area contributed by atoms with Gasteiger partial charge in [-0.25, -0.2) is 0 Å². The summed E-state index contributed by atoms with van der Waals surface area (Å²) in [7, 11) is 3.07. The Hall–Kier alpha value is -0.760. The first kappa shape index (κ1) is 16.3. The minimum Gasteiger partial charge on any atom is -0.352 e. The summed E-state index contributed by atoms with van der Waals surface area (Å²) in [5, 5.41) is 0. The summed E-state index contributed by atoms with van der Waals surface area (Å²) in [5.74, 6) is 0.233. The highest BCUT2D eigenvalue weighted by Gasteiger charge is 2.28. The Morgan fingerprint density at radius 3 is 2.16 bits per heavy atom. The second kappa shape index (κ2) is 7.74. The molecule has 1 aromatic rings. The zero-order chi connectivity index (χ0) is 14.3. The number of halogens is 3. The van der Waals surface area contributed by atoms with Crippen molar-refractivity contribution in [1.82, 2.24) is 0 Å². The van der Waals surface area contributed by atoms with Crippen LogP contribution in [-0.4, -0.2) is 32.9 Å². The van der Waals surface area contributed by atoms with E-state index in [9.17, 15) is 13.2 Å². The highest BCUT2D eigenvalue weighted by atomic mass is 32.2. The van der Waals surface area contributed by atoms with Crippen LogP contribution in [0.5, 0.6) is 0 Å². The molecule has 0 heterocycles. The third-order valence-corrected chi connectivity index (χ3v) is 3.17. The van der Waals surface area contributed by atoms with Crippen LogP contribution in [0.2, 0.25) is 0 Å². The maximum atomic E-state index is 11.7. The van der Waals surface area contributed by atoms with Crippen LogP contribution in [0.4, 0.5) is 13.2 Å². The molecule has 19 heavy (non-hydrogen) atoms. The molecule has 3 nitrogen and oxygen atoms in total. The van der Waals surface area contributed by atoms with Gasteiger partial charge in [-0.1, -0.05) is 12.1 Å². The van der Waals surface area contributed by atoms with Crippen molar-refractivity contribution in [2.24, 2.45) is 0 Å². The third kappa shape index (κ3) is 6.29. The lowest BCUT2D eigenvalue weighted by atomic mass is 10.2. The van der Waals surface area contributed by atoms with Crippen molar-refractivity contribution in [2.45, 2.75) is 17.5 Å². The van der Waals surface area contributed by atoms with Crippen LogP contribution in [-0.2, 0) is 14.2 Å². The highest BCUT2D eigenvalue weighted by molar-refractivity contribution is 7.99. The van der Waals surface area contributed by atoms with E-state index in [0.717, 1.165) is 10.5 Å². The fourth-order valence-corrected chi connectivity index (χ4v) is 2.14. The summed E-state index contributed by atoms with van der Waals surface area (Å²) in [5.41, 5.74) is 0.848. The van der Waals surface area contributed by atoms with Gasteiger partial charge in [-0.2, -0.15) is 0 Å². The van der Waals surface area contributed by atoms with E-state index in [0.29, 0.717) is 0 Å². The lowest BCUT2D eigenvalue weighted by Crippen LogP contribution is -2.15. The molecule has 1 rings (SSSR count). The lowest BCUT2D eigenvalue weighted by molar-refractivity contribution is -0.322. The molecule has 0 aliphatic rings. The standard InChI is InChI=1S/C12H15F3O3S/c1-16-11(17-2)9-3-5-10(6-4-9)19-8-7-18-12(13,14)15/h3-6,11H,7-8H2,1-2H3. The van der Waals surface area contributed by atoms with E-state index in [1.165, 1.54) is 26.0 Å². The summed E-state index contributed by atoms with van der Waals surface area (Å²) in [4.78, 5) is 0.862. The molecule has 0 radical (unpaired) electrons. The van der Waals surface area contributed by atoms with Gasteiger partial charge in [0.1, 0.15) is 0 Å². The first-order chi connectivity index (χ1) is 8.96. The Bertz CT molecular complexity index is 363. The van der Waals surface area contributed by atoms with Gasteiger partial charge in [-0.3, -0.25) is 4.74 Å². The van der Waals surface area contributed by atoms with Gasteiger partial charge in [0.25, 0.3) is 0 Å². The van der Waals surface area contributed by atoms with Gasteiger partial charge in [0.15, 0.2) is 6.29 Å². The average Bonchev–Trinajstić information content (AvgIpc) is 2.37. The Kier molecular flexibility index (Phi) is 6.64. The van der Waals surface area contributed by atoms with E-state index in [-0.39, 0.29) is 12.4 Å². The molecular formula is C12H15F3O3S. The van der Waals surface area contributed by atoms with Gasteiger partial charge in [-0.15, -0.1) is 24.9 Å². The van der Waals surface area contributed by atoms with E-state index in [1.54, 1.807) is 12.1 Å². The van der Waals surface area contributed by atoms with Crippen LogP contribution in [0, 0.1) is 0 Å². The molecule has 108 valence electrons. The predicted octanol–water partition coefficient (Wildman–Crippen LogP) is 3.61. The van der Waals surface area contributed by atoms with Crippen molar-refractivity contribution < 1.29 is 27.4 Å². The van der Waals surface area contributed by atoms with Crippen LogP contribution in [0.1, 0.15) is 11.9 Å². The summed E-state index contributed by atoms with van der Waals surface area (Å²) in [6.45, 7) is -0.366. The third-order valence-electron chi connectivity index (χ3n) is 2.20. The Labute approximate surface area is 114 Å². The van der Waals surface area contributed by atoms with Gasteiger partial charge in [0.2, 0.25) is 0 Å². The summed E-state index contributed by atoms with van der Waals surface area (Å²) in [6, 6.07) is 7.23. The molecule has 0 aliphatic carbocycles. The topological polar surface area (TPSA) is 27.7 Å². The number of ether oxygens (including phenoxy) is 3. The van der Waals surface area contributed by atoms with Crippen LogP contribution in [0.25, 0.3) is 0 Å². The average molecular weight is 296 g/mol. The van der Waals surface area contributed by atoms with E-state index in [2.05, 4.69) is 4.74 Å². The van der Waals surface area contributed by atoms with Gasteiger partial charge >= 0.3 is 6.36 Å². The molecule has 0 fully saturated rings. The largest absolute Gasteiger partial charge is 0.522 e. The van der Waals surface area contributed by atoms with E-state index < -0.39 is 12.7 Å². The number of rotatable bonds is 7. The first-order valence-corrected chi connectivity index (χ1v) is 6.44. The zero-order valence-corrected chi connectivity index (χ0v) is 11.4. The molecule has 0 bridgehead atoms. The molecule has 0 atom stereocenters.